The molecule has 8 nitrogen and oxygen atoms in total. The molecule has 2 fully saturated rings. The molecule has 0 bridgehead atoms. The summed E-state index contributed by atoms with van der Waals surface area (Å²) in [4.78, 5) is 16.7. The molecule has 0 saturated carbocycles. The maximum absolute atomic E-state index is 13.0. The van der Waals surface area contributed by atoms with Gasteiger partial charge in [0.1, 0.15) is 11.0 Å². The molecule has 42 heavy (non-hydrogen) atoms. The minimum Gasteiger partial charge on any atom is -0.370 e. The number of anilines is 3. The molecule has 2 aromatic carbocycles. The molecule has 0 spiro atoms. The number of halogens is 2. The molecule has 11 heteroatoms. The van der Waals surface area contributed by atoms with Gasteiger partial charge in [0.2, 0.25) is 5.95 Å². The molecule has 2 aliphatic rings. The van der Waals surface area contributed by atoms with E-state index in [9.17, 15) is 4.21 Å². The third-order valence-corrected chi connectivity index (χ3v) is 10.4. The Morgan fingerprint density at radius 2 is 1.71 bits per heavy atom. The van der Waals surface area contributed by atoms with Crippen LogP contribution in [-0.2, 0) is 11.0 Å². The van der Waals surface area contributed by atoms with E-state index in [0.717, 1.165) is 80.0 Å². The van der Waals surface area contributed by atoms with Crippen LogP contribution in [0.5, 0.6) is 0 Å². The van der Waals surface area contributed by atoms with Gasteiger partial charge in [-0.15, -0.1) is 0 Å². The van der Waals surface area contributed by atoms with Crippen LogP contribution >= 0.6 is 23.2 Å². The van der Waals surface area contributed by atoms with Gasteiger partial charge in [-0.2, -0.15) is 0 Å². The van der Waals surface area contributed by atoms with Crippen molar-refractivity contribution >= 4 is 62.4 Å². The summed E-state index contributed by atoms with van der Waals surface area (Å²) in [5.41, 5.74) is 4.12. The van der Waals surface area contributed by atoms with E-state index in [1.807, 2.05) is 56.4 Å². The van der Waals surface area contributed by atoms with Gasteiger partial charge in [0.15, 0.2) is 0 Å². The lowest BCUT2D eigenvalue weighted by Gasteiger charge is -2.42. The van der Waals surface area contributed by atoms with E-state index in [0.29, 0.717) is 27.7 Å². The van der Waals surface area contributed by atoms with Gasteiger partial charge in [-0.1, -0.05) is 41.4 Å². The highest BCUT2D eigenvalue weighted by Gasteiger charge is 2.27. The van der Waals surface area contributed by atoms with Crippen molar-refractivity contribution in [1.29, 1.82) is 0 Å². The first-order chi connectivity index (χ1) is 20.3. The second kappa shape index (κ2) is 12.5. The van der Waals surface area contributed by atoms with Gasteiger partial charge in [0, 0.05) is 73.4 Å². The number of benzene rings is 2. The van der Waals surface area contributed by atoms with Crippen molar-refractivity contribution in [3.05, 3.63) is 64.9 Å². The van der Waals surface area contributed by atoms with E-state index in [4.69, 9.17) is 28.2 Å². The quantitative estimate of drug-likeness (QED) is 0.259. The number of aromatic nitrogens is 3. The van der Waals surface area contributed by atoms with Crippen LogP contribution in [0.3, 0.4) is 0 Å². The molecule has 1 atom stereocenters. The van der Waals surface area contributed by atoms with Crippen LogP contribution in [0.1, 0.15) is 26.7 Å². The zero-order chi connectivity index (χ0) is 29.4. The summed E-state index contributed by atoms with van der Waals surface area (Å²) in [7, 11) is 0.978. The summed E-state index contributed by atoms with van der Waals surface area (Å²) >= 11 is 13.4. The summed E-state index contributed by atoms with van der Waals surface area (Å²) in [6.45, 7) is 10.5. The highest BCUT2D eigenvalue weighted by atomic mass is 35.5. The standard InChI is InChI=1S/C31H37Cl2N7OS/c1-21(2)42(41)40-20-25(24-6-4-5-7-28(24)40)30-27(33)19-34-31(36-30)35-22-8-9-29(26(32)18-22)39-12-10-23(11-13-39)38-16-14-37(3)15-17-38/h4-9,18-21,23H,10-17H2,1-3H3,(H,34,35,36). The second-order valence-corrected chi connectivity index (χ2v) is 14.2. The minimum absolute atomic E-state index is 0.0391. The van der Waals surface area contributed by atoms with Gasteiger partial charge in [-0.3, -0.25) is 8.87 Å². The molecule has 2 aromatic heterocycles. The summed E-state index contributed by atoms with van der Waals surface area (Å²) in [6, 6.07) is 14.5. The van der Waals surface area contributed by atoms with Crippen molar-refractivity contribution < 1.29 is 4.21 Å². The maximum atomic E-state index is 13.0. The predicted octanol–water partition coefficient (Wildman–Crippen LogP) is 6.29. The first kappa shape index (κ1) is 29.4. The van der Waals surface area contributed by atoms with E-state index >= 15 is 0 Å². The van der Waals surface area contributed by atoms with Crippen molar-refractivity contribution in [2.45, 2.75) is 38.0 Å². The maximum Gasteiger partial charge on any atom is 0.227 e. The number of piperazine rings is 1. The first-order valence-corrected chi connectivity index (χ1v) is 16.5. The van der Waals surface area contributed by atoms with Crippen LogP contribution in [0.15, 0.2) is 54.9 Å². The van der Waals surface area contributed by atoms with E-state index in [2.05, 4.69) is 38.1 Å². The van der Waals surface area contributed by atoms with Gasteiger partial charge in [0.05, 0.1) is 33.1 Å². The lowest BCUT2D eigenvalue weighted by atomic mass is 10.0. The fourth-order valence-corrected chi connectivity index (χ4v) is 7.47. The summed E-state index contributed by atoms with van der Waals surface area (Å²) in [5, 5.41) is 5.32. The largest absolute Gasteiger partial charge is 0.370 e. The number of piperidine rings is 1. The van der Waals surface area contributed by atoms with Gasteiger partial charge >= 0.3 is 0 Å². The summed E-state index contributed by atoms with van der Waals surface area (Å²) < 4.78 is 14.8. The third kappa shape index (κ3) is 6.03. The number of rotatable bonds is 7. The Labute approximate surface area is 260 Å². The number of para-hydroxylation sites is 1. The molecule has 0 amide bonds. The normalized spacial score (nSPS) is 18.2. The number of nitrogens with one attached hydrogen (secondary N) is 1. The molecule has 222 valence electrons. The number of hydrogen-bond acceptors (Lipinski definition) is 7. The van der Waals surface area contributed by atoms with Crippen molar-refractivity contribution in [3.63, 3.8) is 0 Å². The molecular formula is C31H37Cl2N7OS. The van der Waals surface area contributed by atoms with Gasteiger partial charge < -0.3 is 15.1 Å². The highest BCUT2D eigenvalue weighted by Crippen LogP contribution is 2.36. The Balaban J connectivity index is 1.18. The molecule has 0 aliphatic carbocycles. The fourth-order valence-electron chi connectivity index (χ4n) is 5.96. The van der Waals surface area contributed by atoms with Crippen molar-refractivity contribution in [1.82, 2.24) is 23.7 Å². The Bertz CT molecular complexity index is 1590. The third-order valence-electron chi connectivity index (χ3n) is 8.34. The van der Waals surface area contributed by atoms with E-state index < -0.39 is 11.0 Å². The number of nitrogens with zero attached hydrogens (tertiary/aromatic N) is 6. The Morgan fingerprint density at radius 3 is 2.43 bits per heavy atom. The zero-order valence-corrected chi connectivity index (χ0v) is 26.6. The van der Waals surface area contributed by atoms with E-state index in [-0.39, 0.29) is 5.25 Å². The van der Waals surface area contributed by atoms with Crippen LogP contribution in [0.25, 0.3) is 22.2 Å². The Kier molecular flexibility index (Phi) is 8.75. The molecule has 1 N–H and O–H groups in total. The van der Waals surface area contributed by atoms with Gasteiger partial charge in [0.25, 0.3) is 0 Å². The van der Waals surface area contributed by atoms with Crippen LogP contribution in [0.2, 0.25) is 10.0 Å². The van der Waals surface area contributed by atoms with E-state index in [1.165, 1.54) is 0 Å². The fraction of sp³-hybridized carbons (Fsp3) is 0.419. The summed E-state index contributed by atoms with van der Waals surface area (Å²) in [6.07, 6.45) is 5.78. The van der Waals surface area contributed by atoms with Crippen molar-refractivity contribution in [2.24, 2.45) is 0 Å². The van der Waals surface area contributed by atoms with Gasteiger partial charge in [-0.25, -0.2) is 14.2 Å². The van der Waals surface area contributed by atoms with E-state index in [1.54, 1.807) is 10.2 Å². The average molecular weight is 627 g/mol. The number of hydrogen-bond donors (Lipinski definition) is 1. The SMILES string of the molecule is CC(C)S(=O)n1cc(-c2nc(Nc3ccc(N4CCC(N5CCN(C)CC5)CC4)c(Cl)c3)ncc2Cl)c2ccccc21. The molecular weight excluding hydrogens is 589 g/mol. The Morgan fingerprint density at radius 1 is 0.976 bits per heavy atom. The molecule has 6 rings (SSSR count). The van der Waals surface area contributed by atoms with Crippen LogP contribution in [0, 0.1) is 0 Å². The average Bonchev–Trinajstić information content (AvgIpc) is 3.38. The number of likely N-dealkylation sites (N-methyl/N-ethyl adjacent to an activating group) is 1. The second-order valence-electron chi connectivity index (χ2n) is 11.4. The molecule has 2 aliphatic heterocycles. The van der Waals surface area contributed by atoms with Crippen molar-refractivity contribution in [2.75, 3.05) is 56.5 Å². The van der Waals surface area contributed by atoms with Gasteiger partial charge in [-0.05, 0) is 58.0 Å². The highest BCUT2D eigenvalue weighted by molar-refractivity contribution is 7.84. The van der Waals surface area contributed by atoms with Crippen LogP contribution in [0.4, 0.5) is 17.3 Å². The molecule has 4 heterocycles. The number of fused-ring (bicyclic) bond motifs is 1. The lowest BCUT2D eigenvalue weighted by Crippen LogP contribution is -2.52. The molecule has 1 unspecified atom stereocenters. The first-order valence-electron chi connectivity index (χ1n) is 14.6. The smallest absolute Gasteiger partial charge is 0.227 e. The predicted molar refractivity (Wildman–Crippen MR) is 176 cm³/mol. The lowest BCUT2D eigenvalue weighted by molar-refractivity contribution is 0.0982. The molecule has 2 saturated heterocycles. The van der Waals surface area contributed by atoms with Crippen LogP contribution < -0.4 is 10.2 Å². The summed E-state index contributed by atoms with van der Waals surface area (Å²) in [5.74, 6) is 0.410. The van der Waals surface area contributed by atoms with Crippen molar-refractivity contribution in [3.8, 4) is 11.3 Å². The molecule has 0 radical (unpaired) electrons. The zero-order valence-electron chi connectivity index (χ0n) is 24.3. The topological polar surface area (TPSA) is 69.5 Å². The molecule has 4 aromatic rings. The minimum atomic E-state index is -1.23. The Hall–Kier alpha value is -2.69. The van der Waals surface area contributed by atoms with Crippen LogP contribution in [-0.4, -0.2) is 85.6 Å². The monoisotopic (exact) mass is 625 g/mol.